The predicted molar refractivity (Wildman–Crippen MR) is 83.8 cm³/mol. The lowest BCUT2D eigenvalue weighted by Gasteiger charge is -2.17. The van der Waals surface area contributed by atoms with Crippen molar-refractivity contribution in [1.82, 2.24) is 5.32 Å². The monoisotopic (exact) mass is 337 g/mol. The van der Waals surface area contributed by atoms with E-state index in [2.05, 4.69) is 5.32 Å². The van der Waals surface area contributed by atoms with Gasteiger partial charge in [0.2, 0.25) is 5.91 Å². The number of amides is 1. The van der Waals surface area contributed by atoms with Crippen LogP contribution in [0.25, 0.3) is 0 Å². The van der Waals surface area contributed by atoms with Gasteiger partial charge in [0.25, 0.3) is 0 Å². The van der Waals surface area contributed by atoms with Crippen LogP contribution in [0.5, 0.6) is 0 Å². The summed E-state index contributed by atoms with van der Waals surface area (Å²) in [4.78, 5) is 12.0. The molecule has 3 nitrogen and oxygen atoms in total. The lowest BCUT2D eigenvalue weighted by Crippen LogP contribution is -2.32. The number of benzene rings is 2. The molecule has 2 aromatic carbocycles. The van der Waals surface area contributed by atoms with Crippen molar-refractivity contribution in [2.24, 2.45) is 0 Å². The molecule has 1 unspecified atom stereocenters. The second-order valence-corrected chi connectivity index (χ2v) is 5.43. The maximum absolute atomic E-state index is 13.6. The molecular formula is C18H18F3NO2. The van der Waals surface area contributed by atoms with Gasteiger partial charge in [0.05, 0.1) is 19.1 Å². The molecule has 0 aliphatic heterocycles. The Balaban J connectivity index is 2.07. The average molecular weight is 337 g/mol. The smallest absolute Gasteiger partial charge is 0.225 e. The van der Waals surface area contributed by atoms with E-state index in [1.807, 2.05) is 19.1 Å². The number of halogens is 3. The van der Waals surface area contributed by atoms with E-state index in [0.717, 1.165) is 12.0 Å². The Hall–Kier alpha value is -2.34. The molecule has 0 aliphatic carbocycles. The summed E-state index contributed by atoms with van der Waals surface area (Å²) in [5.74, 6) is -4.11. The van der Waals surface area contributed by atoms with Crippen LogP contribution in [0.4, 0.5) is 13.2 Å². The van der Waals surface area contributed by atoms with Gasteiger partial charge in [-0.15, -0.1) is 0 Å². The highest BCUT2D eigenvalue weighted by molar-refractivity contribution is 5.79. The number of carbonyl (C=O) groups excluding carboxylic acids is 1. The third-order valence-corrected chi connectivity index (χ3v) is 3.75. The van der Waals surface area contributed by atoms with Crippen molar-refractivity contribution in [2.75, 3.05) is 6.61 Å². The molecule has 0 bridgehead atoms. The fourth-order valence-electron chi connectivity index (χ4n) is 2.34. The van der Waals surface area contributed by atoms with Gasteiger partial charge >= 0.3 is 0 Å². The number of rotatable bonds is 6. The molecule has 2 N–H and O–H groups in total. The number of aryl methyl sites for hydroxylation is 1. The minimum Gasteiger partial charge on any atom is -0.394 e. The molecule has 2 aromatic rings. The number of aliphatic hydroxyl groups excluding tert-OH is 1. The Morgan fingerprint density at radius 1 is 1.08 bits per heavy atom. The van der Waals surface area contributed by atoms with Gasteiger partial charge in [0, 0.05) is 11.6 Å². The van der Waals surface area contributed by atoms with Crippen molar-refractivity contribution >= 4 is 5.91 Å². The summed E-state index contributed by atoms with van der Waals surface area (Å²) in [7, 11) is 0. The first kappa shape index (κ1) is 18.0. The number of hydrogen-bond donors (Lipinski definition) is 2. The Labute approximate surface area is 138 Å². The van der Waals surface area contributed by atoms with Gasteiger partial charge in [0.15, 0.2) is 11.6 Å². The zero-order valence-corrected chi connectivity index (χ0v) is 13.2. The third-order valence-electron chi connectivity index (χ3n) is 3.75. The number of aliphatic hydroxyl groups is 1. The predicted octanol–water partition coefficient (Wildman–Crippen LogP) is 3.06. The van der Waals surface area contributed by atoms with Crippen LogP contribution in [0.3, 0.4) is 0 Å². The molecular weight excluding hydrogens is 319 g/mol. The van der Waals surface area contributed by atoms with E-state index in [1.54, 1.807) is 12.1 Å². The molecule has 0 heterocycles. The van der Waals surface area contributed by atoms with Gasteiger partial charge in [-0.3, -0.25) is 4.79 Å². The zero-order chi connectivity index (χ0) is 17.7. The summed E-state index contributed by atoms with van der Waals surface area (Å²) in [6, 6.07) is 7.77. The molecule has 0 aromatic heterocycles. The summed E-state index contributed by atoms with van der Waals surface area (Å²) in [6.07, 6.45) is 0.415. The van der Waals surface area contributed by atoms with E-state index in [4.69, 9.17) is 0 Å². The topological polar surface area (TPSA) is 49.3 Å². The minimum atomic E-state index is -1.30. The maximum atomic E-state index is 13.6. The summed E-state index contributed by atoms with van der Waals surface area (Å²) in [5.41, 5.74) is 1.57. The molecule has 0 fully saturated rings. The van der Waals surface area contributed by atoms with Crippen LogP contribution in [-0.2, 0) is 17.6 Å². The van der Waals surface area contributed by atoms with Crippen molar-refractivity contribution in [1.29, 1.82) is 0 Å². The fourth-order valence-corrected chi connectivity index (χ4v) is 2.34. The van der Waals surface area contributed by atoms with E-state index < -0.39 is 35.8 Å². The Morgan fingerprint density at radius 3 is 2.29 bits per heavy atom. The standard InChI is InChI=1S/C18H18F3NO2/c1-2-11-3-5-12(6-4-11)17(10-23)22-18(24)8-13-7-15(20)16(21)9-14(13)19/h3-7,9,17,23H,2,8,10H2,1H3,(H,22,24). The molecule has 0 saturated heterocycles. The highest BCUT2D eigenvalue weighted by Gasteiger charge is 2.17. The van der Waals surface area contributed by atoms with Crippen LogP contribution in [-0.4, -0.2) is 17.6 Å². The highest BCUT2D eigenvalue weighted by Crippen LogP contribution is 2.17. The lowest BCUT2D eigenvalue weighted by atomic mass is 10.0. The second kappa shape index (κ2) is 7.97. The fraction of sp³-hybridized carbons (Fsp3) is 0.278. The molecule has 0 radical (unpaired) electrons. The van der Waals surface area contributed by atoms with Crippen LogP contribution >= 0.6 is 0 Å². The highest BCUT2D eigenvalue weighted by atomic mass is 19.2. The SMILES string of the molecule is CCc1ccc(C(CO)NC(=O)Cc2cc(F)c(F)cc2F)cc1. The molecule has 128 valence electrons. The van der Waals surface area contributed by atoms with Gasteiger partial charge in [-0.05, 0) is 23.6 Å². The molecule has 0 aliphatic rings. The number of nitrogens with one attached hydrogen (secondary N) is 1. The maximum Gasteiger partial charge on any atom is 0.225 e. The summed E-state index contributed by atoms with van der Waals surface area (Å²) < 4.78 is 39.6. The van der Waals surface area contributed by atoms with Crippen molar-refractivity contribution < 1.29 is 23.1 Å². The average Bonchev–Trinajstić information content (AvgIpc) is 2.57. The van der Waals surface area contributed by atoms with Crippen molar-refractivity contribution in [3.63, 3.8) is 0 Å². The normalized spacial score (nSPS) is 12.0. The second-order valence-electron chi connectivity index (χ2n) is 5.43. The van der Waals surface area contributed by atoms with Gasteiger partial charge < -0.3 is 10.4 Å². The van der Waals surface area contributed by atoms with Crippen LogP contribution in [0, 0.1) is 17.5 Å². The van der Waals surface area contributed by atoms with Crippen molar-refractivity contribution in [2.45, 2.75) is 25.8 Å². The van der Waals surface area contributed by atoms with Gasteiger partial charge in [-0.25, -0.2) is 13.2 Å². The molecule has 6 heteroatoms. The third kappa shape index (κ3) is 4.35. The van der Waals surface area contributed by atoms with Gasteiger partial charge in [0.1, 0.15) is 5.82 Å². The first-order valence-electron chi connectivity index (χ1n) is 7.57. The number of hydrogen-bond acceptors (Lipinski definition) is 2. The summed E-state index contributed by atoms with van der Waals surface area (Å²) in [5, 5.41) is 12.0. The van der Waals surface area contributed by atoms with Gasteiger partial charge in [-0.2, -0.15) is 0 Å². The summed E-state index contributed by atoms with van der Waals surface area (Å²) >= 11 is 0. The van der Waals surface area contributed by atoms with Crippen molar-refractivity contribution in [3.05, 3.63) is 70.5 Å². The molecule has 1 atom stereocenters. The van der Waals surface area contributed by atoms with Crippen LogP contribution in [0.15, 0.2) is 36.4 Å². The van der Waals surface area contributed by atoms with Crippen LogP contribution in [0.2, 0.25) is 0 Å². The quantitative estimate of drug-likeness (QED) is 0.796. The molecule has 0 saturated carbocycles. The molecule has 2 rings (SSSR count). The minimum absolute atomic E-state index is 0.246. The Bertz CT molecular complexity index is 717. The van der Waals surface area contributed by atoms with E-state index >= 15 is 0 Å². The Kier molecular flexibility index (Phi) is 5.98. The first-order valence-corrected chi connectivity index (χ1v) is 7.57. The van der Waals surface area contributed by atoms with Crippen LogP contribution < -0.4 is 5.32 Å². The number of carbonyl (C=O) groups is 1. The summed E-state index contributed by atoms with van der Waals surface area (Å²) in [6.45, 7) is 1.67. The van der Waals surface area contributed by atoms with Crippen LogP contribution in [0.1, 0.15) is 29.7 Å². The lowest BCUT2D eigenvalue weighted by molar-refractivity contribution is -0.121. The largest absolute Gasteiger partial charge is 0.394 e. The first-order chi connectivity index (χ1) is 11.4. The molecule has 1 amide bonds. The van der Waals surface area contributed by atoms with Gasteiger partial charge in [-0.1, -0.05) is 31.2 Å². The van der Waals surface area contributed by atoms with E-state index in [-0.39, 0.29) is 12.2 Å². The van der Waals surface area contributed by atoms with E-state index in [9.17, 15) is 23.1 Å². The van der Waals surface area contributed by atoms with E-state index in [1.165, 1.54) is 0 Å². The molecule has 0 spiro atoms. The van der Waals surface area contributed by atoms with Crippen molar-refractivity contribution in [3.8, 4) is 0 Å². The molecule has 24 heavy (non-hydrogen) atoms. The van der Waals surface area contributed by atoms with E-state index in [0.29, 0.717) is 17.7 Å². The Morgan fingerprint density at radius 2 is 1.71 bits per heavy atom. The zero-order valence-electron chi connectivity index (χ0n) is 13.2.